The molecule has 0 N–H and O–H groups in total. The zero-order chi connectivity index (χ0) is 10.7. The zero-order valence-corrected chi connectivity index (χ0v) is 10.7. The van der Waals surface area contributed by atoms with Crippen molar-refractivity contribution in [3.8, 4) is 5.75 Å². The molecule has 0 heterocycles. The average Bonchev–Trinajstić information content (AvgIpc) is 2.30. The molecule has 2 rings (SSSR count). The molecule has 0 saturated heterocycles. The van der Waals surface area contributed by atoms with Gasteiger partial charge in [0.05, 0.1) is 7.11 Å². The van der Waals surface area contributed by atoms with Crippen molar-refractivity contribution in [3.05, 3.63) is 29.8 Å². The lowest BCUT2D eigenvalue weighted by molar-refractivity contribution is 0.411. The molecule has 15 heavy (non-hydrogen) atoms. The first-order chi connectivity index (χ1) is 7.31. The quantitative estimate of drug-likeness (QED) is 0.734. The molecule has 0 aromatic heterocycles. The van der Waals surface area contributed by atoms with Gasteiger partial charge in [0.2, 0.25) is 0 Å². The summed E-state index contributed by atoms with van der Waals surface area (Å²) in [6.07, 6.45) is 5.30. The number of hydrogen-bond donors (Lipinski definition) is 0. The number of rotatable bonds is 2. The summed E-state index contributed by atoms with van der Waals surface area (Å²) in [5.41, 5.74) is 1.41. The van der Waals surface area contributed by atoms with E-state index in [1.165, 1.54) is 31.2 Å². The molecule has 1 aliphatic rings. The van der Waals surface area contributed by atoms with E-state index >= 15 is 0 Å². The largest absolute Gasteiger partial charge is 0.497 e. The molecule has 0 spiro atoms. The number of hydrogen-bond acceptors (Lipinski definition) is 1. The molecule has 2 heteroatoms. The third-order valence-corrected chi connectivity index (χ3v) is 4.30. The molecule has 1 aromatic carbocycles. The lowest BCUT2D eigenvalue weighted by Gasteiger charge is -2.27. The molecule has 82 valence electrons. The highest BCUT2D eigenvalue weighted by Crippen LogP contribution is 2.38. The highest BCUT2D eigenvalue weighted by Gasteiger charge is 2.24. The van der Waals surface area contributed by atoms with E-state index in [2.05, 4.69) is 34.1 Å². The van der Waals surface area contributed by atoms with E-state index in [9.17, 15) is 0 Å². The summed E-state index contributed by atoms with van der Waals surface area (Å²) in [5.74, 6) is 1.63. The number of halogens is 1. The van der Waals surface area contributed by atoms with Crippen LogP contribution >= 0.6 is 15.9 Å². The van der Waals surface area contributed by atoms with Gasteiger partial charge in [-0.3, -0.25) is 0 Å². The van der Waals surface area contributed by atoms with Gasteiger partial charge < -0.3 is 4.74 Å². The minimum absolute atomic E-state index is 0.637. The van der Waals surface area contributed by atoms with Crippen LogP contribution in [0, 0.1) is 0 Å². The third-order valence-electron chi connectivity index (χ3n) is 3.20. The van der Waals surface area contributed by atoms with Crippen molar-refractivity contribution >= 4 is 15.9 Å². The van der Waals surface area contributed by atoms with Gasteiger partial charge in [0.1, 0.15) is 5.75 Å². The summed E-state index contributed by atoms with van der Waals surface area (Å²) in [6.45, 7) is 0. The van der Waals surface area contributed by atoms with Gasteiger partial charge in [-0.1, -0.05) is 40.9 Å². The summed E-state index contributed by atoms with van der Waals surface area (Å²) in [4.78, 5) is 0.637. The summed E-state index contributed by atoms with van der Waals surface area (Å²) in [5, 5.41) is 0. The molecule has 1 saturated carbocycles. The van der Waals surface area contributed by atoms with E-state index in [0.717, 1.165) is 5.75 Å². The van der Waals surface area contributed by atoms with Crippen LogP contribution in [0.1, 0.15) is 37.2 Å². The maximum absolute atomic E-state index is 5.27. The van der Waals surface area contributed by atoms with Crippen molar-refractivity contribution in [1.82, 2.24) is 0 Å². The van der Waals surface area contributed by atoms with Crippen molar-refractivity contribution < 1.29 is 4.74 Å². The third kappa shape index (κ3) is 2.54. The fourth-order valence-corrected chi connectivity index (χ4v) is 3.23. The number of benzene rings is 1. The van der Waals surface area contributed by atoms with Gasteiger partial charge in [-0.2, -0.15) is 0 Å². The van der Waals surface area contributed by atoms with Crippen molar-refractivity contribution in [2.24, 2.45) is 0 Å². The van der Waals surface area contributed by atoms with Gasteiger partial charge in [-0.05, 0) is 36.5 Å². The Morgan fingerprint density at radius 3 is 2.80 bits per heavy atom. The van der Waals surface area contributed by atoms with Crippen LogP contribution in [0.5, 0.6) is 5.75 Å². The van der Waals surface area contributed by atoms with Crippen LogP contribution in [0.2, 0.25) is 0 Å². The first kappa shape index (κ1) is 11.0. The van der Waals surface area contributed by atoms with E-state index in [-0.39, 0.29) is 0 Å². The lowest BCUT2D eigenvalue weighted by atomic mass is 9.84. The average molecular weight is 269 g/mol. The Morgan fingerprint density at radius 1 is 1.27 bits per heavy atom. The SMILES string of the molecule is COc1cccc([C@H]2CCCC[C@H]2Br)c1. The van der Waals surface area contributed by atoms with Crippen molar-refractivity contribution in [3.63, 3.8) is 0 Å². The number of methoxy groups -OCH3 is 1. The van der Waals surface area contributed by atoms with Crippen LogP contribution in [0.4, 0.5) is 0 Å². The second-order valence-electron chi connectivity index (χ2n) is 4.18. The second-order valence-corrected chi connectivity index (χ2v) is 5.36. The van der Waals surface area contributed by atoms with Gasteiger partial charge in [-0.25, -0.2) is 0 Å². The number of ether oxygens (including phenoxy) is 1. The summed E-state index contributed by atoms with van der Waals surface area (Å²) in [6, 6.07) is 8.48. The predicted octanol–water partition coefficient (Wildman–Crippen LogP) is 4.12. The molecule has 0 aliphatic heterocycles. The molecule has 1 aromatic rings. The fourth-order valence-electron chi connectivity index (χ4n) is 2.33. The second kappa shape index (κ2) is 5.02. The Balaban J connectivity index is 2.19. The van der Waals surface area contributed by atoms with E-state index in [0.29, 0.717) is 10.7 Å². The minimum atomic E-state index is 0.637. The summed E-state index contributed by atoms with van der Waals surface area (Å²) in [7, 11) is 1.73. The summed E-state index contributed by atoms with van der Waals surface area (Å²) >= 11 is 3.80. The van der Waals surface area contributed by atoms with Gasteiger partial charge in [0.25, 0.3) is 0 Å². The molecule has 0 bridgehead atoms. The Hall–Kier alpha value is -0.500. The van der Waals surface area contributed by atoms with E-state index in [4.69, 9.17) is 4.74 Å². The number of alkyl halides is 1. The Morgan fingerprint density at radius 2 is 2.07 bits per heavy atom. The Kier molecular flexibility index (Phi) is 3.68. The van der Waals surface area contributed by atoms with Crippen LogP contribution in [0.3, 0.4) is 0 Å². The molecule has 0 unspecified atom stereocenters. The van der Waals surface area contributed by atoms with Gasteiger partial charge in [0.15, 0.2) is 0 Å². The van der Waals surface area contributed by atoms with E-state index < -0.39 is 0 Å². The van der Waals surface area contributed by atoms with Gasteiger partial charge in [-0.15, -0.1) is 0 Å². The molecule has 1 fully saturated rings. The first-order valence-electron chi connectivity index (χ1n) is 5.59. The standard InChI is InChI=1S/C13H17BrO/c1-15-11-6-4-5-10(9-11)12-7-2-3-8-13(12)14/h4-6,9,12-13H,2-3,7-8H2,1H3/t12-,13-/m1/s1. The Labute approximate surface area is 100.0 Å². The van der Waals surface area contributed by atoms with Crippen molar-refractivity contribution in [1.29, 1.82) is 0 Å². The smallest absolute Gasteiger partial charge is 0.119 e. The van der Waals surface area contributed by atoms with Crippen molar-refractivity contribution in [2.45, 2.75) is 36.4 Å². The lowest BCUT2D eigenvalue weighted by Crippen LogP contribution is -2.17. The highest BCUT2D eigenvalue weighted by molar-refractivity contribution is 9.09. The fraction of sp³-hybridized carbons (Fsp3) is 0.538. The van der Waals surface area contributed by atoms with Gasteiger partial charge in [0, 0.05) is 4.83 Å². The molecule has 2 atom stereocenters. The molecule has 0 radical (unpaired) electrons. The maximum atomic E-state index is 5.27. The first-order valence-corrected chi connectivity index (χ1v) is 6.51. The highest BCUT2D eigenvalue weighted by atomic mass is 79.9. The molecule has 1 nitrogen and oxygen atoms in total. The maximum Gasteiger partial charge on any atom is 0.119 e. The van der Waals surface area contributed by atoms with Crippen LogP contribution in [0.15, 0.2) is 24.3 Å². The monoisotopic (exact) mass is 268 g/mol. The minimum Gasteiger partial charge on any atom is -0.497 e. The Bertz CT molecular complexity index is 324. The molecular weight excluding hydrogens is 252 g/mol. The van der Waals surface area contributed by atoms with Gasteiger partial charge >= 0.3 is 0 Å². The van der Waals surface area contributed by atoms with Crippen molar-refractivity contribution in [2.75, 3.05) is 7.11 Å². The van der Waals surface area contributed by atoms with Crippen LogP contribution < -0.4 is 4.74 Å². The molecule has 0 amide bonds. The van der Waals surface area contributed by atoms with E-state index in [1.54, 1.807) is 7.11 Å². The van der Waals surface area contributed by atoms with Crippen LogP contribution in [-0.4, -0.2) is 11.9 Å². The summed E-state index contributed by atoms with van der Waals surface area (Å²) < 4.78 is 5.27. The predicted molar refractivity (Wildman–Crippen MR) is 66.9 cm³/mol. The van der Waals surface area contributed by atoms with Crippen LogP contribution in [0.25, 0.3) is 0 Å². The topological polar surface area (TPSA) is 9.23 Å². The van der Waals surface area contributed by atoms with E-state index in [1.807, 2.05) is 6.07 Å². The van der Waals surface area contributed by atoms with Crippen LogP contribution in [-0.2, 0) is 0 Å². The molecule has 1 aliphatic carbocycles. The zero-order valence-electron chi connectivity index (χ0n) is 9.08. The normalized spacial score (nSPS) is 26.3. The molecular formula is C13H17BrO.